The highest BCUT2D eigenvalue weighted by molar-refractivity contribution is 5.61. The fraction of sp³-hybridized carbons (Fsp3) is 0.0625. The van der Waals surface area contributed by atoms with Gasteiger partial charge in [-0.2, -0.15) is 0 Å². The van der Waals surface area contributed by atoms with Crippen LogP contribution in [0.1, 0.15) is 5.56 Å². The van der Waals surface area contributed by atoms with E-state index in [1.807, 2.05) is 43.3 Å². The number of rotatable bonds is 1. The standard InChI is InChI=1S/C10H8N2.C6H7N/c1-5-11-6-2-9(1)10-3-7-12-8-4-10;1-6-2-4-7-5-3-6/h1-8H;2-5H,1H3. The number of pyridine rings is 3. The molecule has 0 fully saturated rings. The third kappa shape index (κ3) is 4.32. The molecule has 0 radical (unpaired) electrons. The molecule has 0 amide bonds. The predicted octanol–water partition coefficient (Wildman–Crippen LogP) is 3.53. The summed E-state index contributed by atoms with van der Waals surface area (Å²) < 4.78 is 0. The third-order valence-corrected chi connectivity index (χ3v) is 2.54. The van der Waals surface area contributed by atoms with Gasteiger partial charge < -0.3 is 0 Å². The van der Waals surface area contributed by atoms with Crippen molar-refractivity contribution in [3.8, 4) is 11.1 Å². The molecule has 0 spiro atoms. The molecule has 0 saturated carbocycles. The normalized spacial score (nSPS) is 9.32. The van der Waals surface area contributed by atoms with E-state index in [0.29, 0.717) is 0 Å². The van der Waals surface area contributed by atoms with Gasteiger partial charge in [-0.3, -0.25) is 15.0 Å². The van der Waals surface area contributed by atoms with Crippen molar-refractivity contribution >= 4 is 0 Å². The van der Waals surface area contributed by atoms with E-state index >= 15 is 0 Å². The van der Waals surface area contributed by atoms with Crippen molar-refractivity contribution in [3.05, 3.63) is 79.1 Å². The van der Waals surface area contributed by atoms with Crippen molar-refractivity contribution in [2.24, 2.45) is 0 Å². The van der Waals surface area contributed by atoms with Gasteiger partial charge in [0.15, 0.2) is 0 Å². The molecule has 0 atom stereocenters. The Morgan fingerprint density at radius 2 is 0.842 bits per heavy atom. The topological polar surface area (TPSA) is 38.7 Å². The summed E-state index contributed by atoms with van der Waals surface area (Å²) >= 11 is 0. The van der Waals surface area contributed by atoms with E-state index in [9.17, 15) is 0 Å². The van der Waals surface area contributed by atoms with Crippen LogP contribution in [0.5, 0.6) is 0 Å². The SMILES string of the molecule is Cc1ccncc1.c1cc(-c2ccncc2)ccn1. The lowest BCUT2D eigenvalue weighted by atomic mass is 10.1. The molecule has 3 heteroatoms. The van der Waals surface area contributed by atoms with E-state index < -0.39 is 0 Å². The lowest BCUT2D eigenvalue weighted by Crippen LogP contribution is -1.77. The Morgan fingerprint density at radius 1 is 0.526 bits per heavy atom. The molecule has 3 aromatic heterocycles. The largest absolute Gasteiger partial charge is 0.265 e. The lowest BCUT2D eigenvalue weighted by Gasteiger charge is -1.97. The average molecular weight is 249 g/mol. The van der Waals surface area contributed by atoms with Crippen molar-refractivity contribution in [2.45, 2.75) is 6.92 Å². The molecule has 19 heavy (non-hydrogen) atoms. The molecule has 0 unspecified atom stereocenters. The highest BCUT2D eigenvalue weighted by atomic mass is 14.6. The summed E-state index contributed by atoms with van der Waals surface area (Å²) in [7, 11) is 0. The Bertz CT molecular complexity index is 543. The van der Waals surface area contributed by atoms with Crippen LogP contribution in [0.15, 0.2) is 73.6 Å². The van der Waals surface area contributed by atoms with Crippen molar-refractivity contribution in [2.75, 3.05) is 0 Å². The number of hydrogen-bond acceptors (Lipinski definition) is 3. The molecule has 3 aromatic rings. The summed E-state index contributed by atoms with van der Waals surface area (Å²) in [5.74, 6) is 0. The Labute approximate surface area is 113 Å². The maximum Gasteiger partial charge on any atom is 0.0273 e. The number of nitrogens with zero attached hydrogens (tertiary/aromatic N) is 3. The Hall–Kier alpha value is -2.55. The second-order valence-corrected chi connectivity index (χ2v) is 4.00. The van der Waals surface area contributed by atoms with Crippen LogP contribution in [0.3, 0.4) is 0 Å². The smallest absolute Gasteiger partial charge is 0.0273 e. The molecule has 3 nitrogen and oxygen atoms in total. The van der Waals surface area contributed by atoms with Gasteiger partial charge in [-0.25, -0.2) is 0 Å². The second-order valence-electron chi connectivity index (χ2n) is 4.00. The first-order valence-corrected chi connectivity index (χ1v) is 6.03. The van der Waals surface area contributed by atoms with Crippen LogP contribution in [0.25, 0.3) is 11.1 Å². The molecule has 0 aliphatic carbocycles. The first kappa shape index (κ1) is 12.9. The van der Waals surface area contributed by atoms with Crippen molar-refractivity contribution in [1.29, 1.82) is 0 Å². The van der Waals surface area contributed by atoms with E-state index in [4.69, 9.17) is 0 Å². The second kappa shape index (κ2) is 7.01. The number of aryl methyl sites for hydroxylation is 1. The third-order valence-electron chi connectivity index (χ3n) is 2.54. The van der Waals surface area contributed by atoms with Crippen molar-refractivity contribution in [3.63, 3.8) is 0 Å². The molecule has 0 N–H and O–H groups in total. The van der Waals surface area contributed by atoms with Gasteiger partial charge in [0.25, 0.3) is 0 Å². The molecule has 0 aromatic carbocycles. The predicted molar refractivity (Wildman–Crippen MR) is 76.4 cm³/mol. The number of aromatic nitrogens is 3. The minimum absolute atomic E-state index is 1.17. The summed E-state index contributed by atoms with van der Waals surface area (Å²) in [5.41, 5.74) is 3.61. The minimum atomic E-state index is 1.17. The fourth-order valence-electron chi connectivity index (χ4n) is 1.52. The fourth-order valence-corrected chi connectivity index (χ4v) is 1.52. The van der Waals surface area contributed by atoms with Crippen LogP contribution in [-0.2, 0) is 0 Å². The maximum absolute atomic E-state index is 3.96. The van der Waals surface area contributed by atoms with Gasteiger partial charge in [0.2, 0.25) is 0 Å². The molecule has 0 saturated heterocycles. The van der Waals surface area contributed by atoms with Gasteiger partial charge in [-0.15, -0.1) is 0 Å². The van der Waals surface area contributed by atoms with Crippen LogP contribution in [-0.4, -0.2) is 15.0 Å². The van der Waals surface area contributed by atoms with Crippen molar-refractivity contribution in [1.82, 2.24) is 15.0 Å². The summed E-state index contributed by atoms with van der Waals surface area (Å²) in [6.45, 7) is 2.04. The minimum Gasteiger partial charge on any atom is -0.265 e. The van der Waals surface area contributed by atoms with Gasteiger partial charge in [0.1, 0.15) is 0 Å². The molecule has 3 rings (SSSR count). The van der Waals surface area contributed by atoms with E-state index in [2.05, 4.69) is 15.0 Å². The number of hydrogen-bond donors (Lipinski definition) is 0. The Balaban J connectivity index is 0.000000163. The summed E-state index contributed by atoms with van der Waals surface area (Å²) in [6, 6.07) is 11.9. The van der Waals surface area contributed by atoms with Gasteiger partial charge in [-0.05, 0) is 60.0 Å². The zero-order chi connectivity index (χ0) is 13.3. The van der Waals surface area contributed by atoms with Gasteiger partial charge in [0, 0.05) is 37.2 Å². The molecule has 0 aliphatic rings. The highest BCUT2D eigenvalue weighted by Gasteiger charge is 1.92. The Kier molecular flexibility index (Phi) is 4.76. The average Bonchev–Trinajstić information content (AvgIpc) is 2.51. The van der Waals surface area contributed by atoms with Gasteiger partial charge >= 0.3 is 0 Å². The van der Waals surface area contributed by atoms with E-state index in [1.54, 1.807) is 37.2 Å². The van der Waals surface area contributed by atoms with E-state index in [-0.39, 0.29) is 0 Å². The van der Waals surface area contributed by atoms with Crippen LogP contribution < -0.4 is 0 Å². The quantitative estimate of drug-likeness (QED) is 0.662. The summed E-state index contributed by atoms with van der Waals surface area (Å²) in [5, 5.41) is 0. The van der Waals surface area contributed by atoms with Crippen LogP contribution in [0.2, 0.25) is 0 Å². The van der Waals surface area contributed by atoms with Gasteiger partial charge in [-0.1, -0.05) is 0 Å². The molecular weight excluding hydrogens is 234 g/mol. The van der Waals surface area contributed by atoms with Crippen LogP contribution >= 0.6 is 0 Å². The van der Waals surface area contributed by atoms with Crippen LogP contribution in [0.4, 0.5) is 0 Å². The zero-order valence-electron chi connectivity index (χ0n) is 10.8. The summed E-state index contributed by atoms with van der Waals surface area (Å²) in [6.07, 6.45) is 10.7. The van der Waals surface area contributed by atoms with E-state index in [0.717, 1.165) is 0 Å². The Morgan fingerprint density at radius 3 is 1.11 bits per heavy atom. The van der Waals surface area contributed by atoms with Crippen molar-refractivity contribution < 1.29 is 0 Å². The zero-order valence-corrected chi connectivity index (χ0v) is 10.8. The van der Waals surface area contributed by atoms with E-state index in [1.165, 1.54) is 16.7 Å². The highest BCUT2D eigenvalue weighted by Crippen LogP contribution is 2.15. The monoisotopic (exact) mass is 249 g/mol. The van der Waals surface area contributed by atoms with Crippen LogP contribution in [0, 0.1) is 6.92 Å². The molecule has 3 heterocycles. The first-order valence-electron chi connectivity index (χ1n) is 6.03. The molecule has 0 aliphatic heterocycles. The molecular formula is C16H15N3. The lowest BCUT2D eigenvalue weighted by molar-refractivity contribution is 1.29. The van der Waals surface area contributed by atoms with Gasteiger partial charge in [0.05, 0.1) is 0 Å². The summed E-state index contributed by atoms with van der Waals surface area (Å²) in [4.78, 5) is 11.8. The molecule has 0 bridgehead atoms. The molecule has 94 valence electrons. The maximum atomic E-state index is 3.96. The first-order chi connectivity index (χ1) is 9.36.